The second-order valence-corrected chi connectivity index (χ2v) is 4.60. The molecule has 0 spiro atoms. The number of aromatic nitrogens is 4. The third-order valence-electron chi connectivity index (χ3n) is 2.32. The molecule has 0 fully saturated rings. The average Bonchev–Trinajstić information content (AvgIpc) is 2.74. The van der Waals surface area contributed by atoms with Crippen molar-refractivity contribution >= 4 is 0 Å². The standard InChI is InChI=1S/C10H12FN5O3/c1-10(2,12)8-13-6(19-15-8)4-16-3-5(11)7(17)14-9(16)18/h3H,4,12H2,1-2H3,(H,14,17,18). The van der Waals surface area contributed by atoms with E-state index in [1.807, 2.05) is 4.98 Å². The predicted molar refractivity (Wildman–Crippen MR) is 61.9 cm³/mol. The molecule has 0 atom stereocenters. The van der Waals surface area contributed by atoms with Gasteiger partial charge in [-0.05, 0) is 13.8 Å². The number of hydrogen-bond donors (Lipinski definition) is 2. The minimum Gasteiger partial charge on any atom is -0.337 e. The lowest BCUT2D eigenvalue weighted by atomic mass is 10.1. The molecule has 0 aliphatic carbocycles. The molecule has 0 saturated carbocycles. The van der Waals surface area contributed by atoms with Crippen LogP contribution >= 0.6 is 0 Å². The Kier molecular flexibility index (Phi) is 3.06. The Morgan fingerprint density at radius 1 is 1.53 bits per heavy atom. The number of H-pyrrole nitrogens is 1. The zero-order chi connectivity index (χ0) is 14.2. The highest BCUT2D eigenvalue weighted by molar-refractivity contribution is 4.99. The molecular formula is C10H12FN5O3. The zero-order valence-electron chi connectivity index (χ0n) is 10.3. The molecule has 8 nitrogen and oxygen atoms in total. The van der Waals surface area contributed by atoms with Crippen molar-refractivity contribution in [3.63, 3.8) is 0 Å². The van der Waals surface area contributed by atoms with Crippen molar-refractivity contribution in [1.29, 1.82) is 0 Å². The van der Waals surface area contributed by atoms with Gasteiger partial charge in [0, 0.05) is 0 Å². The molecule has 3 N–H and O–H groups in total. The summed E-state index contributed by atoms with van der Waals surface area (Å²) in [6.45, 7) is 3.22. The van der Waals surface area contributed by atoms with Crippen molar-refractivity contribution in [2.75, 3.05) is 0 Å². The van der Waals surface area contributed by atoms with Gasteiger partial charge >= 0.3 is 5.69 Å². The lowest BCUT2D eigenvalue weighted by Gasteiger charge is -2.11. The lowest BCUT2D eigenvalue weighted by Crippen LogP contribution is -2.32. The Balaban J connectivity index is 2.32. The number of nitrogens with two attached hydrogens (primary N) is 1. The molecule has 0 unspecified atom stereocenters. The van der Waals surface area contributed by atoms with E-state index < -0.39 is 22.6 Å². The molecule has 0 bridgehead atoms. The van der Waals surface area contributed by atoms with Crippen molar-refractivity contribution in [3.05, 3.63) is 44.6 Å². The van der Waals surface area contributed by atoms with Crippen LogP contribution in [0.4, 0.5) is 4.39 Å². The number of aromatic amines is 1. The first kappa shape index (κ1) is 13.1. The van der Waals surface area contributed by atoms with Crippen LogP contribution in [0.25, 0.3) is 0 Å². The minimum absolute atomic E-state index is 0.0853. The number of rotatable bonds is 3. The summed E-state index contributed by atoms with van der Waals surface area (Å²) >= 11 is 0. The third-order valence-corrected chi connectivity index (χ3v) is 2.32. The second kappa shape index (κ2) is 4.43. The molecule has 102 valence electrons. The van der Waals surface area contributed by atoms with Crippen LogP contribution < -0.4 is 17.0 Å². The Morgan fingerprint density at radius 2 is 2.21 bits per heavy atom. The summed E-state index contributed by atoms with van der Waals surface area (Å²) < 4.78 is 18.9. The topological polar surface area (TPSA) is 120 Å². The maximum absolute atomic E-state index is 13.1. The van der Waals surface area contributed by atoms with Crippen LogP contribution in [0.3, 0.4) is 0 Å². The molecule has 0 amide bonds. The van der Waals surface area contributed by atoms with Crippen molar-refractivity contribution in [3.8, 4) is 0 Å². The first-order chi connectivity index (χ1) is 8.77. The van der Waals surface area contributed by atoms with Crippen LogP contribution in [0.2, 0.25) is 0 Å². The third kappa shape index (κ3) is 2.76. The van der Waals surface area contributed by atoms with Crippen LogP contribution in [0.1, 0.15) is 25.6 Å². The van der Waals surface area contributed by atoms with E-state index in [-0.39, 0.29) is 18.3 Å². The molecule has 2 aromatic rings. The number of hydrogen-bond acceptors (Lipinski definition) is 6. The monoisotopic (exact) mass is 269 g/mol. The highest BCUT2D eigenvalue weighted by atomic mass is 19.1. The number of halogens is 1. The predicted octanol–water partition coefficient (Wildman–Crippen LogP) is -0.699. The fourth-order valence-corrected chi connectivity index (χ4v) is 1.33. The Morgan fingerprint density at radius 3 is 2.79 bits per heavy atom. The molecule has 0 radical (unpaired) electrons. The van der Waals surface area contributed by atoms with Gasteiger partial charge in [-0.25, -0.2) is 4.79 Å². The number of nitrogens with one attached hydrogen (secondary N) is 1. The van der Waals surface area contributed by atoms with E-state index in [0.717, 1.165) is 10.8 Å². The largest absolute Gasteiger partial charge is 0.337 e. The quantitative estimate of drug-likeness (QED) is 0.760. The molecule has 0 aromatic carbocycles. The summed E-state index contributed by atoms with van der Waals surface area (Å²) in [5.74, 6) is -0.721. The first-order valence-corrected chi connectivity index (χ1v) is 5.38. The fraction of sp³-hybridized carbons (Fsp3) is 0.400. The van der Waals surface area contributed by atoms with Crippen molar-refractivity contribution < 1.29 is 8.91 Å². The molecule has 2 heterocycles. The lowest BCUT2D eigenvalue weighted by molar-refractivity contribution is 0.352. The maximum atomic E-state index is 13.1. The van der Waals surface area contributed by atoms with Crippen LogP contribution in [0.15, 0.2) is 20.3 Å². The van der Waals surface area contributed by atoms with Gasteiger partial charge in [0.1, 0.15) is 6.54 Å². The highest BCUT2D eigenvalue weighted by Gasteiger charge is 2.21. The second-order valence-electron chi connectivity index (χ2n) is 4.60. The highest BCUT2D eigenvalue weighted by Crippen LogP contribution is 2.12. The van der Waals surface area contributed by atoms with E-state index in [1.54, 1.807) is 13.8 Å². The first-order valence-electron chi connectivity index (χ1n) is 5.38. The molecule has 0 aliphatic heterocycles. The van der Waals surface area contributed by atoms with Gasteiger partial charge in [-0.3, -0.25) is 14.3 Å². The smallest absolute Gasteiger partial charge is 0.328 e. The molecular weight excluding hydrogens is 257 g/mol. The molecule has 0 saturated heterocycles. The molecule has 9 heteroatoms. The Bertz CT molecular complexity index is 709. The maximum Gasteiger partial charge on any atom is 0.328 e. The summed E-state index contributed by atoms with van der Waals surface area (Å²) in [6, 6.07) is 0. The van der Waals surface area contributed by atoms with Crippen LogP contribution in [0.5, 0.6) is 0 Å². The van der Waals surface area contributed by atoms with Crippen LogP contribution in [-0.4, -0.2) is 19.7 Å². The van der Waals surface area contributed by atoms with Crippen LogP contribution in [0, 0.1) is 5.82 Å². The van der Waals surface area contributed by atoms with Crippen molar-refractivity contribution in [2.45, 2.75) is 25.9 Å². The van der Waals surface area contributed by atoms with Crippen LogP contribution in [-0.2, 0) is 12.1 Å². The number of nitrogens with zero attached hydrogens (tertiary/aromatic N) is 3. The summed E-state index contributed by atoms with van der Waals surface area (Å²) in [7, 11) is 0. The molecule has 2 rings (SSSR count). The minimum atomic E-state index is -1.07. The average molecular weight is 269 g/mol. The summed E-state index contributed by atoms with van der Waals surface area (Å²) in [5.41, 5.74) is 3.15. The van der Waals surface area contributed by atoms with E-state index >= 15 is 0 Å². The summed E-state index contributed by atoms with van der Waals surface area (Å²) in [6.07, 6.45) is 0.776. The van der Waals surface area contributed by atoms with E-state index in [9.17, 15) is 14.0 Å². The van der Waals surface area contributed by atoms with Gasteiger partial charge in [0.2, 0.25) is 11.7 Å². The molecule has 2 aromatic heterocycles. The van der Waals surface area contributed by atoms with Gasteiger partial charge in [-0.2, -0.15) is 9.37 Å². The van der Waals surface area contributed by atoms with E-state index in [4.69, 9.17) is 10.3 Å². The van der Waals surface area contributed by atoms with Gasteiger partial charge in [0.15, 0.2) is 5.82 Å². The van der Waals surface area contributed by atoms with Gasteiger partial charge in [0.25, 0.3) is 5.56 Å². The summed E-state index contributed by atoms with van der Waals surface area (Å²) in [4.78, 5) is 28.1. The van der Waals surface area contributed by atoms with Gasteiger partial charge in [-0.1, -0.05) is 5.16 Å². The SMILES string of the molecule is CC(C)(N)c1noc(Cn2cc(F)c(=O)[nH]c2=O)n1. The van der Waals surface area contributed by atoms with E-state index in [2.05, 4.69) is 10.1 Å². The normalized spacial score (nSPS) is 11.8. The van der Waals surface area contributed by atoms with Crippen molar-refractivity contribution in [2.24, 2.45) is 5.73 Å². The Labute approximate surface area is 106 Å². The van der Waals surface area contributed by atoms with Gasteiger partial charge in [0.05, 0.1) is 11.7 Å². The van der Waals surface area contributed by atoms with E-state index in [1.165, 1.54) is 0 Å². The molecule has 0 aliphatic rings. The molecule has 19 heavy (non-hydrogen) atoms. The fourth-order valence-electron chi connectivity index (χ4n) is 1.33. The summed E-state index contributed by atoms with van der Waals surface area (Å²) in [5, 5.41) is 3.66. The van der Waals surface area contributed by atoms with Gasteiger partial charge in [-0.15, -0.1) is 0 Å². The van der Waals surface area contributed by atoms with Crippen molar-refractivity contribution in [1.82, 2.24) is 19.7 Å². The van der Waals surface area contributed by atoms with E-state index in [0.29, 0.717) is 0 Å². The van der Waals surface area contributed by atoms with Gasteiger partial charge < -0.3 is 10.3 Å². The Hall–Kier alpha value is -2.29. The zero-order valence-corrected chi connectivity index (χ0v) is 10.3.